The summed E-state index contributed by atoms with van der Waals surface area (Å²) in [4.78, 5) is 2.36. The molecular weight excluding hydrogens is 731 g/mol. The first-order valence-corrected chi connectivity index (χ1v) is 18.1. The number of hydrogen-bond acceptors (Lipinski definition) is 1. The maximum atomic E-state index is 2.41. The minimum Gasteiger partial charge on any atom is -1.00 e. The van der Waals surface area contributed by atoms with Gasteiger partial charge in [0.05, 0.1) is 5.41 Å². The third kappa shape index (κ3) is 7.02. The van der Waals surface area contributed by atoms with Crippen LogP contribution in [0.2, 0.25) is 0 Å². The van der Waals surface area contributed by atoms with E-state index >= 15 is 0 Å². The number of halogens is 1. The average molecular weight is 783 g/mol. The van der Waals surface area contributed by atoms with E-state index in [1.54, 1.807) is 0 Å². The summed E-state index contributed by atoms with van der Waals surface area (Å²) in [5.74, 6) is 0. The van der Waals surface area contributed by atoms with Gasteiger partial charge in [0.25, 0.3) is 0 Å². The van der Waals surface area contributed by atoms with E-state index in [1.807, 2.05) is 0 Å². The number of allylic oxidation sites excluding steroid dienone is 10. The second-order valence-corrected chi connectivity index (χ2v) is 16.2. The minimum absolute atomic E-state index is 0. The molecule has 3 aliphatic rings. The predicted octanol–water partition coefficient (Wildman–Crippen LogP) is 9.13. The van der Waals surface area contributed by atoms with Crippen LogP contribution in [0.5, 0.6) is 0 Å². The zero-order chi connectivity index (χ0) is 35.3. The van der Waals surface area contributed by atoms with Crippen LogP contribution in [-0.2, 0) is 10.8 Å². The second kappa shape index (κ2) is 14.1. The van der Waals surface area contributed by atoms with E-state index in [0.29, 0.717) is 0 Å². The quantitative estimate of drug-likeness (QED) is 0.140. The third-order valence-corrected chi connectivity index (χ3v) is 11.1. The number of fused-ring (bicyclic) bond motifs is 2. The Morgan fingerprint density at radius 2 is 1.22 bits per heavy atom. The fourth-order valence-electron chi connectivity index (χ4n) is 8.54. The Morgan fingerprint density at radius 1 is 0.627 bits per heavy atom. The molecule has 4 aromatic rings. The van der Waals surface area contributed by atoms with Gasteiger partial charge in [0.1, 0.15) is 7.05 Å². The van der Waals surface area contributed by atoms with Crippen molar-refractivity contribution >= 4 is 17.1 Å². The highest BCUT2D eigenvalue weighted by Crippen LogP contribution is 2.48. The topological polar surface area (TPSA) is 6.25 Å². The van der Waals surface area contributed by atoms with Gasteiger partial charge in [0.2, 0.25) is 5.69 Å². The lowest BCUT2D eigenvalue weighted by molar-refractivity contribution is -0.401. The lowest BCUT2D eigenvalue weighted by Gasteiger charge is -2.30. The molecular formula is C48H51IN2. The van der Waals surface area contributed by atoms with Gasteiger partial charge in [-0.25, -0.2) is 0 Å². The molecule has 3 heteroatoms. The molecule has 0 atom stereocenters. The van der Waals surface area contributed by atoms with Gasteiger partial charge in [-0.05, 0) is 101 Å². The SMILES string of the molecule is CN1/C(=C/C=C/C2=CC(=C/C=C/C3=[N+](C)c4ccc(-c5ccccc5)cc4C3(C)C)/CC(C)(C)C2)C(C)(C)c2cc(-c3ccccc3)ccc21.[I-]. The molecule has 0 unspecified atom stereocenters. The van der Waals surface area contributed by atoms with E-state index in [4.69, 9.17) is 0 Å². The summed E-state index contributed by atoms with van der Waals surface area (Å²) in [5, 5.41) is 0. The molecule has 1 aliphatic carbocycles. The maximum absolute atomic E-state index is 2.41. The van der Waals surface area contributed by atoms with Gasteiger partial charge in [-0.2, -0.15) is 4.58 Å². The standard InChI is InChI=1S/C48H51N2.HI/c1-46(2)32-34(17-15-23-44-47(3,4)40-30-38(25-27-42(40)49(44)7)36-19-11-9-12-20-36)29-35(33-46)18-16-24-45-48(5,6)41-31-39(26-28-43(41)50(45)8)37-21-13-10-14-22-37;/h9-31H,32-33H2,1-8H3;1H/q+1;/p-1. The molecule has 2 aliphatic heterocycles. The summed E-state index contributed by atoms with van der Waals surface area (Å²) in [6.45, 7) is 14.2. The molecule has 0 amide bonds. The Bertz CT molecular complexity index is 2140. The van der Waals surface area contributed by atoms with Crippen LogP contribution in [0.15, 0.2) is 156 Å². The second-order valence-electron chi connectivity index (χ2n) is 16.2. The van der Waals surface area contributed by atoms with Gasteiger partial charge < -0.3 is 28.9 Å². The molecule has 7 rings (SSSR count). The van der Waals surface area contributed by atoms with Crippen molar-refractivity contribution in [3.05, 3.63) is 168 Å². The summed E-state index contributed by atoms with van der Waals surface area (Å²) in [6, 6.07) is 35.2. The van der Waals surface area contributed by atoms with Crippen LogP contribution >= 0.6 is 0 Å². The molecule has 2 nitrogen and oxygen atoms in total. The van der Waals surface area contributed by atoms with Crippen molar-refractivity contribution in [1.82, 2.24) is 0 Å². The number of benzene rings is 4. The van der Waals surface area contributed by atoms with Crippen molar-refractivity contribution in [3.8, 4) is 22.3 Å². The highest BCUT2D eigenvalue weighted by Gasteiger charge is 2.43. The van der Waals surface area contributed by atoms with Gasteiger partial charge >= 0.3 is 0 Å². The van der Waals surface area contributed by atoms with Crippen molar-refractivity contribution in [2.75, 3.05) is 19.0 Å². The lowest BCUT2D eigenvalue weighted by Crippen LogP contribution is -3.00. The lowest BCUT2D eigenvalue weighted by atomic mass is 9.75. The molecule has 0 spiro atoms. The Balaban J connectivity index is 0.00000448. The Hall–Kier alpha value is -4.22. The zero-order valence-electron chi connectivity index (χ0n) is 31.5. The van der Waals surface area contributed by atoms with E-state index in [0.717, 1.165) is 12.8 Å². The molecule has 0 N–H and O–H groups in total. The van der Waals surface area contributed by atoms with Crippen molar-refractivity contribution in [2.45, 2.75) is 65.2 Å². The Labute approximate surface area is 323 Å². The first-order valence-electron chi connectivity index (χ1n) is 18.1. The van der Waals surface area contributed by atoms with Crippen LogP contribution in [0.4, 0.5) is 11.4 Å². The van der Waals surface area contributed by atoms with Gasteiger partial charge in [-0.1, -0.05) is 125 Å². The summed E-state index contributed by atoms with van der Waals surface area (Å²) in [6.07, 6.45) is 18.4. The Morgan fingerprint density at radius 3 is 1.86 bits per heavy atom. The van der Waals surface area contributed by atoms with E-state index in [2.05, 4.69) is 205 Å². The first kappa shape index (κ1) is 36.6. The van der Waals surface area contributed by atoms with E-state index in [1.165, 1.54) is 67.3 Å². The monoisotopic (exact) mass is 782 g/mol. The highest BCUT2D eigenvalue weighted by atomic mass is 127. The minimum atomic E-state index is -0.0864. The average Bonchev–Trinajstić information content (AvgIpc) is 3.41. The van der Waals surface area contributed by atoms with Crippen LogP contribution in [0, 0.1) is 5.41 Å². The molecule has 0 bridgehead atoms. The largest absolute Gasteiger partial charge is 1.00 e. The highest BCUT2D eigenvalue weighted by molar-refractivity contribution is 6.03. The molecule has 0 saturated carbocycles. The maximum Gasteiger partial charge on any atom is 0.209 e. The van der Waals surface area contributed by atoms with Gasteiger partial charge in [0, 0.05) is 41.6 Å². The summed E-state index contributed by atoms with van der Waals surface area (Å²) in [5.41, 5.74) is 15.8. The van der Waals surface area contributed by atoms with E-state index < -0.39 is 0 Å². The van der Waals surface area contributed by atoms with Gasteiger partial charge in [0.15, 0.2) is 5.71 Å². The number of likely N-dealkylation sites (N-methyl/N-ethyl adjacent to an activating group) is 1. The Kier molecular flexibility index (Phi) is 10.1. The molecule has 2 heterocycles. The summed E-state index contributed by atoms with van der Waals surface area (Å²) < 4.78 is 2.36. The number of rotatable bonds is 6. The van der Waals surface area contributed by atoms with Crippen molar-refractivity contribution in [3.63, 3.8) is 0 Å². The fourth-order valence-corrected chi connectivity index (χ4v) is 8.54. The normalized spacial score (nSPS) is 20.2. The molecule has 0 radical (unpaired) electrons. The molecule has 4 aromatic carbocycles. The molecule has 260 valence electrons. The van der Waals surface area contributed by atoms with Crippen LogP contribution in [0.25, 0.3) is 22.3 Å². The van der Waals surface area contributed by atoms with Crippen molar-refractivity contribution in [1.29, 1.82) is 0 Å². The van der Waals surface area contributed by atoms with Gasteiger partial charge in [-0.3, -0.25) is 0 Å². The number of hydrogen-bond donors (Lipinski definition) is 0. The number of nitrogens with zero attached hydrogens (tertiary/aromatic N) is 2. The van der Waals surface area contributed by atoms with Crippen molar-refractivity contribution in [2.24, 2.45) is 5.41 Å². The van der Waals surface area contributed by atoms with Crippen LogP contribution < -0.4 is 28.9 Å². The number of anilines is 1. The fraction of sp³-hybridized carbons (Fsp3) is 0.271. The summed E-state index contributed by atoms with van der Waals surface area (Å²) >= 11 is 0. The van der Waals surface area contributed by atoms with Gasteiger partial charge in [-0.15, -0.1) is 0 Å². The van der Waals surface area contributed by atoms with E-state index in [9.17, 15) is 0 Å². The summed E-state index contributed by atoms with van der Waals surface area (Å²) in [7, 11) is 4.40. The van der Waals surface area contributed by atoms with Crippen LogP contribution in [0.3, 0.4) is 0 Å². The van der Waals surface area contributed by atoms with Crippen LogP contribution in [0.1, 0.15) is 65.5 Å². The van der Waals surface area contributed by atoms with E-state index in [-0.39, 0.29) is 40.2 Å². The van der Waals surface area contributed by atoms with Crippen molar-refractivity contribution < 1.29 is 28.6 Å². The zero-order valence-corrected chi connectivity index (χ0v) is 33.6. The molecule has 0 fully saturated rings. The predicted molar refractivity (Wildman–Crippen MR) is 215 cm³/mol. The molecule has 0 saturated heterocycles. The molecule has 0 aromatic heterocycles. The molecule has 51 heavy (non-hydrogen) atoms. The van der Waals surface area contributed by atoms with Crippen LogP contribution in [-0.4, -0.2) is 24.4 Å². The third-order valence-electron chi connectivity index (χ3n) is 11.1. The first-order chi connectivity index (χ1) is 23.8. The smallest absolute Gasteiger partial charge is 0.209 e.